The first-order valence-electron chi connectivity index (χ1n) is 5.09. The summed E-state index contributed by atoms with van der Waals surface area (Å²) in [6, 6.07) is 0.599. The first-order valence-corrected chi connectivity index (χ1v) is 5.09. The molecule has 70 valence electrons. The van der Waals surface area contributed by atoms with Crippen molar-refractivity contribution in [2.24, 2.45) is 0 Å². The molecule has 0 aromatic heterocycles. The number of β-amino-alcohol motifs (C(OH)–C–C–N with tert-alkyl or cyclic N) is 1. The first kappa shape index (κ1) is 8.52. The molecule has 0 bridgehead atoms. The summed E-state index contributed by atoms with van der Waals surface area (Å²) in [7, 11) is 0. The van der Waals surface area contributed by atoms with Gasteiger partial charge in [0.1, 0.15) is 0 Å². The van der Waals surface area contributed by atoms with Crippen LogP contribution >= 0.6 is 0 Å². The van der Waals surface area contributed by atoms with Crippen LogP contribution in [0.4, 0.5) is 0 Å². The Hall–Kier alpha value is -0.0800. The summed E-state index contributed by atoms with van der Waals surface area (Å²) in [5, 5.41) is 9.55. The fourth-order valence-electron chi connectivity index (χ4n) is 2.53. The molecule has 2 heteroatoms. The van der Waals surface area contributed by atoms with Gasteiger partial charge in [0, 0.05) is 18.1 Å². The van der Waals surface area contributed by atoms with Crippen LogP contribution in [0.5, 0.6) is 0 Å². The molecule has 2 aliphatic rings. The minimum absolute atomic E-state index is 0.0707. The highest BCUT2D eigenvalue weighted by Gasteiger charge is 2.51. The lowest BCUT2D eigenvalue weighted by Gasteiger charge is -2.41. The van der Waals surface area contributed by atoms with Crippen LogP contribution in [-0.2, 0) is 0 Å². The highest BCUT2D eigenvalue weighted by Crippen LogP contribution is 2.49. The quantitative estimate of drug-likeness (QED) is 0.641. The molecular formula is C10H19NO. The van der Waals surface area contributed by atoms with E-state index >= 15 is 0 Å². The molecule has 1 saturated carbocycles. The number of aliphatic hydroxyl groups is 1. The van der Waals surface area contributed by atoms with Crippen molar-refractivity contribution in [3.63, 3.8) is 0 Å². The van der Waals surface area contributed by atoms with Gasteiger partial charge < -0.3 is 5.11 Å². The minimum atomic E-state index is -0.0707. The van der Waals surface area contributed by atoms with Crippen molar-refractivity contribution < 1.29 is 5.11 Å². The number of hydrogen-bond donors (Lipinski definition) is 1. The summed E-state index contributed by atoms with van der Waals surface area (Å²) in [6.07, 6.45) is 4.88. The lowest BCUT2D eigenvalue weighted by molar-refractivity contribution is 0.00597. The number of rotatable bonds is 1. The highest BCUT2D eigenvalue weighted by molar-refractivity contribution is 5.07. The van der Waals surface area contributed by atoms with E-state index < -0.39 is 0 Å². The second-order valence-corrected chi connectivity index (χ2v) is 4.66. The van der Waals surface area contributed by atoms with Gasteiger partial charge in [0.15, 0.2) is 0 Å². The minimum Gasteiger partial charge on any atom is -0.392 e. The van der Waals surface area contributed by atoms with E-state index in [4.69, 9.17) is 0 Å². The lowest BCUT2D eigenvalue weighted by Crippen LogP contribution is -2.50. The number of piperidine rings is 1. The van der Waals surface area contributed by atoms with Crippen LogP contribution in [0.2, 0.25) is 0 Å². The summed E-state index contributed by atoms with van der Waals surface area (Å²) in [4.78, 5) is 2.50. The molecular weight excluding hydrogens is 150 g/mol. The van der Waals surface area contributed by atoms with Gasteiger partial charge in [-0.1, -0.05) is 0 Å². The summed E-state index contributed by atoms with van der Waals surface area (Å²) in [5.74, 6) is 0. The SMILES string of the molecule is CC(C)N1CC(O)CCC12CC2. The maximum absolute atomic E-state index is 9.55. The van der Waals surface area contributed by atoms with E-state index in [2.05, 4.69) is 18.7 Å². The zero-order valence-corrected chi connectivity index (χ0v) is 8.08. The summed E-state index contributed by atoms with van der Waals surface area (Å²) in [6.45, 7) is 5.37. The predicted octanol–water partition coefficient (Wildman–Crippen LogP) is 1.38. The van der Waals surface area contributed by atoms with Gasteiger partial charge in [0.25, 0.3) is 0 Å². The second kappa shape index (κ2) is 2.71. The zero-order valence-electron chi connectivity index (χ0n) is 8.08. The summed E-state index contributed by atoms with van der Waals surface area (Å²) in [5.41, 5.74) is 0.521. The van der Waals surface area contributed by atoms with Gasteiger partial charge in [-0.25, -0.2) is 0 Å². The van der Waals surface area contributed by atoms with Crippen molar-refractivity contribution in [3.8, 4) is 0 Å². The van der Waals surface area contributed by atoms with E-state index in [9.17, 15) is 5.11 Å². The van der Waals surface area contributed by atoms with Crippen LogP contribution in [0.15, 0.2) is 0 Å². The summed E-state index contributed by atoms with van der Waals surface area (Å²) >= 11 is 0. The lowest BCUT2D eigenvalue weighted by atomic mass is 9.96. The summed E-state index contributed by atoms with van der Waals surface area (Å²) < 4.78 is 0. The Bertz CT molecular complexity index is 175. The van der Waals surface area contributed by atoms with Gasteiger partial charge in [0.2, 0.25) is 0 Å². The topological polar surface area (TPSA) is 23.5 Å². The second-order valence-electron chi connectivity index (χ2n) is 4.66. The number of nitrogens with zero attached hydrogens (tertiary/aromatic N) is 1. The number of aliphatic hydroxyl groups excluding tert-OH is 1. The molecule has 1 spiro atoms. The standard InChI is InChI=1S/C10H19NO/c1-8(2)11-7-9(12)3-4-10(11)5-6-10/h8-9,12H,3-7H2,1-2H3. The van der Waals surface area contributed by atoms with E-state index in [-0.39, 0.29) is 6.10 Å². The van der Waals surface area contributed by atoms with Gasteiger partial charge in [-0.3, -0.25) is 4.90 Å². The first-order chi connectivity index (χ1) is 5.64. The molecule has 0 aromatic rings. The van der Waals surface area contributed by atoms with Gasteiger partial charge in [0.05, 0.1) is 6.10 Å². The fraction of sp³-hybridized carbons (Fsp3) is 1.00. The molecule has 0 radical (unpaired) electrons. The van der Waals surface area contributed by atoms with Crippen LogP contribution in [0.1, 0.15) is 39.5 Å². The third-order valence-electron chi connectivity index (χ3n) is 3.41. The normalized spacial score (nSPS) is 34.5. The van der Waals surface area contributed by atoms with E-state index in [1.54, 1.807) is 0 Å². The monoisotopic (exact) mass is 169 g/mol. The average Bonchev–Trinajstić information content (AvgIpc) is 2.76. The zero-order chi connectivity index (χ0) is 8.77. The largest absolute Gasteiger partial charge is 0.392 e. The molecule has 0 aromatic carbocycles. The Kier molecular flexibility index (Phi) is 1.92. The molecule has 1 unspecified atom stereocenters. The number of hydrogen-bond acceptors (Lipinski definition) is 2. The molecule has 1 N–H and O–H groups in total. The van der Waals surface area contributed by atoms with E-state index in [0.717, 1.165) is 13.0 Å². The maximum atomic E-state index is 9.55. The van der Waals surface area contributed by atoms with E-state index in [0.29, 0.717) is 11.6 Å². The molecule has 0 amide bonds. The van der Waals surface area contributed by atoms with Crippen molar-refractivity contribution >= 4 is 0 Å². The molecule has 2 nitrogen and oxygen atoms in total. The molecule has 1 aliphatic heterocycles. The third kappa shape index (κ3) is 1.27. The molecule has 1 saturated heterocycles. The molecule has 2 rings (SSSR count). The van der Waals surface area contributed by atoms with Gasteiger partial charge in [-0.05, 0) is 39.5 Å². The fourth-order valence-corrected chi connectivity index (χ4v) is 2.53. The van der Waals surface area contributed by atoms with Crippen molar-refractivity contribution in [2.45, 2.75) is 57.2 Å². The Labute approximate surface area is 74.6 Å². The smallest absolute Gasteiger partial charge is 0.0668 e. The molecule has 12 heavy (non-hydrogen) atoms. The maximum Gasteiger partial charge on any atom is 0.0668 e. The molecule has 1 heterocycles. The van der Waals surface area contributed by atoms with Gasteiger partial charge >= 0.3 is 0 Å². The Morgan fingerprint density at radius 3 is 2.50 bits per heavy atom. The van der Waals surface area contributed by atoms with Gasteiger partial charge in [-0.2, -0.15) is 0 Å². The highest BCUT2D eigenvalue weighted by atomic mass is 16.3. The van der Waals surface area contributed by atoms with Crippen molar-refractivity contribution in [1.29, 1.82) is 0 Å². The Morgan fingerprint density at radius 2 is 2.00 bits per heavy atom. The van der Waals surface area contributed by atoms with Gasteiger partial charge in [-0.15, -0.1) is 0 Å². The number of likely N-dealkylation sites (tertiary alicyclic amines) is 1. The average molecular weight is 169 g/mol. The third-order valence-corrected chi connectivity index (χ3v) is 3.41. The molecule has 2 fully saturated rings. The van der Waals surface area contributed by atoms with Crippen molar-refractivity contribution in [3.05, 3.63) is 0 Å². The van der Waals surface area contributed by atoms with Crippen molar-refractivity contribution in [2.75, 3.05) is 6.54 Å². The van der Waals surface area contributed by atoms with Crippen LogP contribution in [0, 0.1) is 0 Å². The van der Waals surface area contributed by atoms with Crippen LogP contribution in [0.3, 0.4) is 0 Å². The van der Waals surface area contributed by atoms with Crippen molar-refractivity contribution in [1.82, 2.24) is 4.90 Å². The van der Waals surface area contributed by atoms with E-state index in [1.165, 1.54) is 19.3 Å². The molecule has 1 aliphatic carbocycles. The Morgan fingerprint density at radius 1 is 1.33 bits per heavy atom. The van der Waals surface area contributed by atoms with Crippen LogP contribution in [-0.4, -0.2) is 34.2 Å². The Balaban J connectivity index is 2.06. The van der Waals surface area contributed by atoms with E-state index in [1.807, 2.05) is 0 Å². The predicted molar refractivity (Wildman–Crippen MR) is 49.0 cm³/mol. The van der Waals surface area contributed by atoms with Crippen LogP contribution < -0.4 is 0 Å². The van der Waals surface area contributed by atoms with Crippen LogP contribution in [0.25, 0.3) is 0 Å². The molecule has 1 atom stereocenters.